The Morgan fingerprint density at radius 3 is 2.41 bits per heavy atom. The van der Waals surface area contributed by atoms with Crippen molar-refractivity contribution in [3.8, 4) is 11.8 Å². The third-order valence-corrected chi connectivity index (χ3v) is 5.49. The molecule has 2 aromatic rings. The maximum atomic E-state index is 12.5. The second kappa shape index (κ2) is 11.0. The molecule has 5 N–H and O–H groups in total. The Hall–Kier alpha value is -3.79. The zero-order chi connectivity index (χ0) is 22.9. The van der Waals surface area contributed by atoms with Crippen molar-refractivity contribution in [1.29, 1.82) is 5.41 Å². The molecule has 166 valence electrons. The van der Waals surface area contributed by atoms with Crippen molar-refractivity contribution >= 4 is 17.8 Å². The van der Waals surface area contributed by atoms with Crippen LogP contribution in [0.3, 0.4) is 0 Å². The Kier molecular flexibility index (Phi) is 7.87. The number of amides is 1. The number of aliphatic carboxylic acids is 1. The Balaban J connectivity index is 1.55. The Morgan fingerprint density at radius 1 is 1.12 bits per heavy atom. The zero-order valence-corrected chi connectivity index (χ0v) is 17.9. The Labute approximate surface area is 188 Å². The topological polar surface area (TPSA) is 120 Å². The van der Waals surface area contributed by atoms with Gasteiger partial charge >= 0.3 is 5.97 Å². The summed E-state index contributed by atoms with van der Waals surface area (Å²) in [5.74, 6) is 4.88. The third-order valence-electron chi connectivity index (χ3n) is 5.49. The van der Waals surface area contributed by atoms with E-state index in [-0.39, 0.29) is 30.6 Å². The summed E-state index contributed by atoms with van der Waals surface area (Å²) in [6, 6.07) is 16.0. The van der Waals surface area contributed by atoms with E-state index in [9.17, 15) is 14.7 Å². The van der Waals surface area contributed by atoms with E-state index < -0.39 is 12.0 Å². The first kappa shape index (κ1) is 22.9. The van der Waals surface area contributed by atoms with Crippen LogP contribution in [0.5, 0.6) is 0 Å². The highest BCUT2D eigenvalue weighted by molar-refractivity contribution is 5.84. The van der Waals surface area contributed by atoms with E-state index in [1.165, 1.54) is 0 Å². The maximum absolute atomic E-state index is 12.5. The molecule has 1 amide bonds. The molecule has 1 saturated heterocycles. The second-order valence-corrected chi connectivity index (χ2v) is 8.02. The third kappa shape index (κ3) is 6.88. The lowest BCUT2D eigenvalue weighted by molar-refractivity contribution is -0.142. The molecule has 1 aliphatic heterocycles. The number of benzene rings is 2. The van der Waals surface area contributed by atoms with Gasteiger partial charge in [-0.25, -0.2) is 4.79 Å². The summed E-state index contributed by atoms with van der Waals surface area (Å²) in [6.07, 6.45) is 2.14. The first-order chi connectivity index (χ1) is 15.4. The van der Waals surface area contributed by atoms with Crippen LogP contribution < -0.4 is 11.1 Å². The average molecular weight is 433 g/mol. The van der Waals surface area contributed by atoms with E-state index in [4.69, 9.17) is 11.1 Å². The number of hydrogen-bond donors (Lipinski definition) is 4. The number of carbonyl (C=O) groups excluding carboxylic acids is 1. The van der Waals surface area contributed by atoms with Gasteiger partial charge in [0.2, 0.25) is 5.91 Å². The average Bonchev–Trinajstić information content (AvgIpc) is 2.79. The summed E-state index contributed by atoms with van der Waals surface area (Å²) >= 11 is 0. The molecule has 0 bridgehead atoms. The molecule has 0 spiro atoms. The van der Waals surface area contributed by atoms with Gasteiger partial charge in [0.1, 0.15) is 6.04 Å². The van der Waals surface area contributed by atoms with Crippen LogP contribution in [0.25, 0.3) is 0 Å². The highest BCUT2D eigenvalue weighted by Crippen LogP contribution is 2.19. The van der Waals surface area contributed by atoms with E-state index in [2.05, 4.69) is 17.2 Å². The Morgan fingerprint density at radius 2 is 1.78 bits per heavy atom. The number of likely N-dealkylation sites (tertiary alicyclic amines) is 1. The molecule has 0 radical (unpaired) electrons. The summed E-state index contributed by atoms with van der Waals surface area (Å²) in [6.45, 7) is 1.27. The number of piperidine rings is 1. The van der Waals surface area contributed by atoms with Crippen molar-refractivity contribution in [2.24, 2.45) is 11.7 Å². The fourth-order valence-corrected chi connectivity index (χ4v) is 3.79. The number of rotatable bonds is 6. The normalized spacial score (nSPS) is 16.4. The smallest absolute Gasteiger partial charge is 0.326 e. The van der Waals surface area contributed by atoms with Gasteiger partial charge in [-0.05, 0) is 48.6 Å². The van der Waals surface area contributed by atoms with Gasteiger partial charge in [-0.3, -0.25) is 10.2 Å². The maximum Gasteiger partial charge on any atom is 0.326 e. The van der Waals surface area contributed by atoms with Gasteiger partial charge in [-0.2, -0.15) is 0 Å². The lowest BCUT2D eigenvalue weighted by Gasteiger charge is -2.32. The van der Waals surface area contributed by atoms with Crippen LogP contribution in [0.4, 0.5) is 0 Å². The number of nitrogens with two attached hydrogens (primary N) is 1. The summed E-state index contributed by atoms with van der Waals surface area (Å²) in [5, 5.41) is 19.8. The molecule has 0 aliphatic carbocycles. The molecule has 7 heteroatoms. The highest BCUT2D eigenvalue weighted by Gasteiger charge is 2.26. The van der Waals surface area contributed by atoms with Crippen LogP contribution >= 0.6 is 0 Å². The molecule has 1 aliphatic rings. The molecule has 1 unspecified atom stereocenters. The van der Waals surface area contributed by atoms with E-state index in [0.717, 1.165) is 36.1 Å². The number of carbonyl (C=O) groups is 2. The highest BCUT2D eigenvalue weighted by atomic mass is 16.4. The van der Waals surface area contributed by atoms with E-state index in [1.54, 1.807) is 4.90 Å². The van der Waals surface area contributed by atoms with Crippen LogP contribution in [-0.2, 0) is 16.0 Å². The first-order valence-electron chi connectivity index (χ1n) is 10.7. The van der Waals surface area contributed by atoms with Crippen molar-refractivity contribution in [2.75, 3.05) is 13.1 Å². The van der Waals surface area contributed by atoms with Gasteiger partial charge in [-0.1, -0.05) is 42.2 Å². The van der Waals surface area contributed by atoms with Crippen molar-refractivity contribution in [2.45, 2.75) is 31.7 Å². The van der Waals surface area contributed by atoms with E-state index in [0.29, 0.717) is 6.54 Å². The van der Waals surface area contributed by atoms with Gasteiger partial charge in [0.15, 0.2) is 5.96 Å². The lowest BCUT2D eigenvalue weighted by atomic mass is 9.94. The predicted octanol–water partition coefficient (Wildman–Crippen LogP) is 2.19. The molecule has 0 aromatic heterocycles. The first-order valence-corrected chi connectivity index (χ1v) is 10.7. The summed E-state index contributed by atoms with van der Waals surface area (Å²) < 4.78 is 0. The molecular weight excluding hydrogens is 404 g/mol. The number of guanidine groups is 1. The van der Waals surface area contributed by atoms with Crippen molar-refractivity contribution in [3.63, 3.8) is 0 Å². The zero-order valence-electron chi connectivity index (χ0n) is 17.9. The fraction of sp³-hybridized carbons (Fsp3) is 0.320. The van der Waals surface area contributed by atoms with E-state index >= 15 is 0 Å². The number of nitrogens with zero attached hydrogens (tertiary/aromatic N) is 1. The van der Waals surface area contributed by atoms with Crippen LogP contribution in [0, 0.1) is 23.2 Å². The van der Waals surface area contributed by atoms with Crippen molar-refractivity contribution in [3.05, 3.63) is 71.3 Å². The lowest BCUT2D eigenvalue weighted by Crippen LogP contribution is -2.46. The van der Waals surface area contributed by atoms with Gasteiger partial charge in [0.05, 0.1) is 0 Å². The molecule has 3 rings (SSSR count). The van der Waals surface area contributed by atoms with Gasteiger partial charge < -0.3 is 21.1 Å². The van der Waals surface area contributed by atoms with Gasteiger partial charge in [0, 0.05) is 37.1 Å². The predicted molar refractivity (Wildman–Crippen MR) is 123 cm³/mol. The number of hydrogen-bond acceptors (Lipinski definition) is 3. The molecule has 7 nitrogen and oxygen atoms in total. The molecule has 32 heavy (non-hydrogen) atoms. The van der Waals surface area contributed by atoms with Crippen LogP contribution in [0.2, 0.25) is 0 Å². The minimum Gasteiger partial charge on any atom is -0.480 e. The molecule has 1 fully saturated rings. The minimum atomic E-state index is -1.07. The van der Waals surface area contributed by atoms with Crippen molar-refractivity contribution in [1.82, 2.24) is 10.2 Å². The SMILES string of the molecule is N=C(N)N1CCCC(CC(=O)N[C@H](Cc2ccc(C#Cc3ccccc3)cc2)C(=O)O)C1. The largest absolute Gasteiger partial charge is 0.480 e. The second-order valence-electron chi connectivity index (χ2n) is 8.02. The summed E-state index contributed by atoms with van der Waals surface area (Å²) in [7, 11) is 0. The van der Waals surface area contributed by atoms with Crippen molar-refractivity contribution < 1.29 is 14.7 Å². The monoisotopic (exact) mass is 432 g/mol. The summed E-state index contributed by atoms with van der Waals surface area (Å²) in [5.41, 5.74) is 8.12. The summed E-state index contributed by atoms with van der Waals surface area (Å²) in [4.78, 5) is 25.9. The molecule has 1 heterocycles. The molecule has 0 saturated carbocycles. The molecule has 2 aromatic carbocycles. The minimum absolute atomic E-state index is 0.00965. The fourth-order valence-electron chi connectivity index (χ4n) is 3.79. The number of carboxylic acids is 1. The van der Waals surface area contributed by atoms with Crippen LogP contribution in [0.1, 0.15) is 36.0 Å². The van der Waals surface area contributed by atoms with E-state index in [1.807, 2.05) is 54.6 Å². The van der Waals surface area contributed by atoms with Gasteiger partial charge in [0.25, 0.3) is 0 Å². The number of carboxylic acid groups (broad SMARTS) is 1. The molecule has 2 atom stereocenters. The number of nitrogens with one attached hydrogen (secondary N) is 2. The standard InChI is InChI=1S/C25H28N4O3/c26-25(27)29-14-4-7-21(17-29)16-23(30)28-22(24(31)32)15-20-12-10-19(11-13-20)9-8-18-5-2-1-3-6-18/h1-3,5-6,10-13,21-22H,4,7,14-17H2,(H3,26,27)(H,28,30)(H,31,32)/t21?,22-/m1/s1. The van der Waals surface area contributed by atoms with Gasteiger partial charge in [-0.15, -0.1) is 0 Å². The van der Waals surface area contributed by atoms with Crippen LogP contribution in [0.15, 0.2) is 54.6 Å². The quantitative estimate of drug-likeness (QED) is 0.317. The molecular formula is C25H28N4O3. The Bertz CT molecular complexity index is 1010. The van der Waals surface area contributed by atoms with Crippen LogP contribution in [-0.4, -0.2) is 47.0 Å².